The second-order valence-corrected chi connectivity index (χ2v) is 4.75. The third-order valence-corrected chi connectivity index (χ3v) is 3.15. The van der Waals surface area contributed by atoms with E-state index in [1.54, 1.807) is 37.3 Å². The van der Waals surface area contributed by atoms with Crippen LogP contribution in [0.15, 0.2) is 42.5 Å². The highest BCUT2D eigenvalue weighted by molar-refractivity contribution is 7.82. The highest BCUT2D eigenvalue weighted by Crippen LogP contribution is 2.21. The van der Waals surface area contributed by atoms with Gasteiger partial charge in [-0.05, 0) is 43.3 Å². The number of anilines is 1. The van der Waals surface area contributed by atoms with Crippen molar-refractivity contribution >= 4 is 30.8 Å². The fourth-order valence-corrected chi connectivity index (χ4v) is 1.90. The maximum atomic E-state index is 13.0. The molecule has 1 N–H and O–H groups in total. The number of carbonyl (C=O) groups is 2. The van der Waals surface area contributed by atoms with Gasteiger partial charge in [-0.3, -0.25) is 0 Å². The Hall–Kier alpha value is -2.61. The molecule has 0 unspecified atom stereocenters. The molecule has 0 atom stereocenters. The first-order valence-electron chi connectivity index (χ1n) is 6.71. The van der Waals surface area contributed by atoms with Crippen LogP contribution in [-0.2, 0) is 4.74 Å². The van der Waals surface area contributed by atoms with Crippen molar-refractivity contribution in [3.63, 3.8) is 0 Å². The Bertz CT molecular complexity index is 709. The maximum Gasteiger partial charge on any atom is 0.415 e. The van der Waals surface area contributed by atoms with E-state index in [0.29, 0.717) is 11.3 Å². The molecule has 120 valence electrons. The van der Waals surface area contributed by atoms with Gasteiger partial charge in [0.2, 0.25) is 0 Å². The Morgan fingerprint density at radius 2 is 1.96 bits per heavy atom. The molecule has 0 aliphatic rings. The molecule has 0 radical (unpaired) electrons. The van der Waals surface area contributed by atoms with Gasteiger partial charge >= 0.3 is 12.1 Å². The number of halogens is 1. The highest BCUT2D eigenvalue weighted by Gasteiger charge is 2.17. The molecule has 1 heterocycles. The van der Waals surface area contributed by atoms with Crippen molar-refractivity contribution in [3.05, 3.63) is 48.3 Å². The van der Waals surface area contributed by atoms with E-state index in [1.807, 2.05) is 5.32 Å². The van der Waals surface area contributed by atoms with Gasteiger partial charge in [-0.25, -0.2) is 28.6 Å². The zero-order chi connectivity index (χ0) is 16.8. The summed E-state index contributed by atoms with van der Waals surface area (Å²) in [6, 6.07) is 9.90. The minimum atomic E-state index is -0.869. The Morgan fingerprint density at radius 1 is 1.26 bits per heavy atom. The smallest absolute Gasteiger partial charge is 0.415 e. The summed E-state index contributed by atoms with van der Waals surface area (Å²) >= 11 is 4.02. The molecule has 3 amide bonds. The number of carbonyl (C=O) groups excluding carboxylic acids is 2. The number of hydrogen-bond donors (Lipinski definition) is 2. The van der Waals surface area contributed by atoms with Crippen LogP contribution in [0.1, 0.15) is 6.92 Å². The summed E-state index contributed by atoms with van der Waals surface area (Å²) in [5.41, 5.74) is 1.21. The molecule has 0 fully saturated rings. The second-order valence-electron chi connectivity index (χ2n) is 4.35. The summed E-state index contributed by atoms with van der Waals surface area (Å²) in [5, 5.41) is 2.01. The molecular formula is C15H14FN3O3S. The van der Waals surface area contributed by atoms with Crippen molar-refractivity contribution < 1.29 is 18.7 Å². The molecule has 0 aliphatic carbocycles. The number of nitrogens with zero attached hydrogens (tertiary/aromatic N) is 2. The van der Waals surface area contributed by atoms with Crippen LogP contribution in [0.4, 0.5) is 19.8 Å². The molecule has 0 saturated carbocycles. The van der Waals surface area contributed by atoms with Crippen LogP contribution in [0.25, 0.3) is 11.3 Å². The Morgan fingerprint density at radius 3 is 2.61 bits per heavy atom. The summed E-state index contributed by atoms with van der Waals surface area (Å²) in [5.74, 6) is -0.147. The van der Waals surface area contributed by atoms with Gasteiger partial charge in [-0.1, -0.05) is 18.9 Å². The molecule has 0 saturated heterocycles. The Labute approximate surface area is 137 Å². The molecule has 8 heteroatoms. The lowest BCUT2D eigenvalue weighted by Crippen LogP contribution is -2.38. The van der Waals surface area contributed by atoms with E-state index >= 15 is 0 Å². The van der Waals surface area contributed by atoms with Crippen LogP contribution in [0.3, 0.4) is 0 Å². The minimum absolute atomic E-state index is 0.143. The number of imide groups is 1. The first-order chi connectivity index (χ1) is 11.0. The summed E-state index contributed by atoms with van der Waals surface area (Å²) in [7, 11) is 0. The first-order valence-corrected chi connectivity index (χ1v) is 7.11. The predicted octanol–water partition coefficient (Wildman–Crippen LogP) is 3.41. The van der Waals surface area contributed by atoms with Crippen LogP contribution in [0, 0.1) is 5.82 Å². The molecule has 2 rings (SSSR count). The van der Waals surface area contributed by atoms with E-state index in [0.717, 1.165) is 4.31 Å². The van der Waals surface area contributed by atoms with Gasteiger partial charge in [0.1, 0.15) is 11.6 Å². The summed E-state index contributed by atoms with van der Waals surface area (Å²) in [6.07, 6.45) is -0.869. The quantitative estimate of drug-likeness (QED) is 0.843. The highest BCUT2D eigenvalue weighted by atomic mass is 32.1. The van der Waals surface area contributed by atoms with Crippen LogP contribution < -0.4 is 9.62 Å². The molecular weight excluding hydrogens is 321 g/mol. The van der Waals surface area contributed by atoms with Gasteiger partial charge in [0.25, 0.3) is 0 Å². The number of ether oxygens (including phenoxy) is 1. The van der Waals surface area contributed by atoms with E-state index in [2.05, 4.69) is 22.5 Å². The molecule has 0 bridgehead atoms. The van der Waals surface area contributed by atoms with Crippen LogP contribution in [0.5, 0.6) is 0 Å². The fraction of sp³-hybridized carbons (Fsp3) is 0.133. The van der Waals surface area contributed by atoms with Crippen molar-refractivity contribution in [2.75, 3.05) is 10.9 Å². The van der Waals surface area contributed by atoms with E-state index in [4.69, 9.17) is 0 Å². The Kier molecular flexibility index (Phi) is 5.53. The van der Waals surface area contributed by atoms with Crippen molar-refractivity contribution in [2.24, 2.45) is 0 Å². The standard InChI is InChI=1S/C15H14FN3O3S/c1-2-22-15(21)18-14(20)19(23)13-5-3-4-12(17-13)10-6-8-11(16)9-7-10/h3-9,23H,2H2,1H3,(H,18,20,21). The normalized spacial score (nSPS) is 10.0. The lowest BCUT2D eigenvalue weighted by Gasteiger charge is -2.15. The summed E-state index contributed by atoms with van der Waals surface area (Å²) in [4.78, 5) is 27.4. The average Bonchev–Trinajstić information content (AvgIpc) is 2.55. The zero-order valence-corrected chi connectivity index (χ0v) is 13.1. The molecule has 2 aromatic rings. The average molecular weight is 335 g/mol. The lowest BCUT2D eigenvalue weighted by molar-refractivity contribution is 0.154. The van der Waals surface area contributed by atoms with Gasteiger partial charge in [-0.15, -0.1) is 0 Å². The Balaban J connectivity index is 2.17. The van der Waals surface area contributed by atoms with E-state index in [1.165, 1.54) is 12.1 Å². The SMILES string of the molecule is CCOC(=O)NC(=O)N(S)c1cccc(-c2ccc(F)cc2)n1. The van der Waals surface area contributed by atoms with Crippen molar-refractivity contribution in [3.8, 4) is 11.3 Å². The molecule has 1 aromatic heterocycles. The monoisotopic (exact) mass is 335 g/mol. The number of alkyl carbamates (subject to hydrolysis) is 1. The number of rotatable bonds is 3. The van der Waals surface area contributed by atoms with Crippen molar-refractivity contribution in [2.45, 2.75) is 6.92 Å². The summed E-state index contributed by atoms with van der Waals surface area (Å²) < 4.78 is 18.5. The predicted molar refractivity (Wildman–Crippen MR) is 86.6 cm³/mol. The maximum absolute atomic E-state index is 13.0. The van der Waals surface area contributed by atoms with Crippen molar-refractivity contribution in [1.29, 1.82) is 0 Å². The molecule has 23 heavy (non-hydrogen) atoms. The third-order valence-electron chi connectivity index (χ3n) is 2.77. The molecule has 0 aliphatic heterocycles. The zero-order valence-electron chi connectivity index (χ0n) is 12.2. The topological polar surface area (TPSA) is 71.5 Å². The number of amides is 3. The summed E-state index contributed by atoms with van der Waals surface area (Å²) in [6.45, 7) is 1.76. The number of nitrogens with one attached hydrogen (secondary N) is 1. The van der Waals surface area contributed by atoms with Gasteiger partial charge in [-0.2, -0.15) is 0 Å². The number of thiol groups is 1. The number of pyridine rings is 1. The van der Waals surface area contributed by atoms with E-state index in [9.17, 15) is 14.0 Å². The lowest BCUT2D eigenvalue weighted by atomic mass is 10.1. The van der Waals surface area contributed by atoms with Gasteiger partial charge in [0.05, 0.1) is 12.3 Å². The number of hydrogen-bond acceptors (Lipinski definition) is 5. The molecule has 0 spiro atoms. The van der Waals surface area contributed by atoms with E-state index < -0.39 is 12.1 Å². The minimum Gasteiger partial charge on any atom is -0.450 e. The van der Waals surface area contributed by atoms with Gasteiger partial charge in [0.15, 0.2) is 0 Å². The number of benzene rings is 1. The van der Waals surface area contributed by atoms with E-state index in [-0.39, 0.29) is 18.2 Å². The van der Waals surface area contributed by atoms with Crippen molar-refractivity contribution in [1.82, 2.24) is 10.3 Å². The molecule has 1 aromatic carbocycles. The van der Waals surface area contributed by atoms with Gasteiger partial charge < -0.3 is 4.74 Å². The molecule has 6 nitrogen and oxygen atoms in total. The fourth-order valence-electron chi connectivity index (χ4n) is 1.73. The second kappa shape index (κ2) is 7.59. The van der Waals surface area contributed by atoms with Crippen LogP contribution in [0.2, 0.25) is 0 Å². The van der Waals surface area contributed by atoms with Gasteiger partial charge in [0, 0.05) is 5.56 Å². The number of urea groups is 1. The first kappa shape index (κ1) is 16.8. The number of aromatic nitrogens is 1. The third kappa shape index (κ3) is 4.43. The van der Waals surface area contributed by atoms with Crippen LogP contribution >= 0.6 is 12.8 Å². The van der Waals surface area contributed by atoms with Crippen LogP contribution in [-0.4, -0.2) is 23.7 Å². The largest absolute Gasteiger partial charge is 0.450 e.